The molecule has 182 valence electrons. The molecule has 0 saturated heterocycles. The summed E-state index contributed by atoms with van der Waals surface area (Å²) in [5.74, 6) is 8.44. The summed E-state index contributed by atoms with van der Waals surface area (Å²) in [5.41, 5.74) is 2.94. The molecule has 0 N–H and O–H groups in total. The topological polar surface area (TPSA) is 0 Å². The number of allylic oxidation sites excluding steroid dienone is 9. The molecule has 0 spiro atoms. The molecule has 0 amide bonds. The molecule has 0 aromatic carbocycles. The normalized spacial score (nSPS) is 24.1. The van der Waals surface area contributed by atoms with E-state index in [9.17, 15) is 0 Å². The van der Waals surface area contributed by atoms with Crippen LogP contribution in [0.15, 0.2) is 60.3 Å². The zero-order valence-electron chi connectivity index (χ0n) is 22.2. The molecule has 3 heteroatoms. The Bertz CT molecular complexity index is 807. The molecule has 4 aliphatic rings. The van der Waals surface area contributed by atoms with Gasteiger partial charge in [0, 0.05) is 29.6 Å². The standard InChI is InChI=1S/C32H38.2ClH.Zr/c1-9-10-19-32(8,22-13-11-12-14-22)29-27-20-23(30(2,3)4)15-17-25(27)26-18-16-24(21-28(26)29)31(5,6)7;;;/h9,11-18,20-21H,1,10,19H2,2-8H3;2*1H;/q;;;+4/p-2. The van der Waals surface area contributed by atoms with Gasteiger partial charge in [0.1, 0.15) is 0 Å². The van der Waals surface area contributed by atoms with Gasteiger partial charge in [0.05, 0.1) is 0 Å². The summed E-state index contributed by atoms with van der Waals surface area (Å²) in [6, 6.07) is 0. The molecule has 0 aromatic rings. The summed E-state index contributed by atoms with van der Waals surface area (Å²) in [6.07, 6.45) is 27.4. The van der Waals surface area contributed by atoms with Gasteiger partial charge in [0.25, 0.3) is 0 Å². The monoisotopic (exact) mass is 582 g/mol. The van der Waals surface area contributed by atoms with Gasteiger partial charge < -0.3 is 0 Å². The van der Waals surface area contributed by atoms with Crippen molar-refractivity contribution in [2.45, 2.75) is 61.3 Å². The van der Waals surface area contributed by atoms with E-state index >= 15 is 0 Å². The Kier molecular flexibility index (Phi) is 10.1. The SMILES string of the molecule is C=CCCC(C)([C]1[CH][CH][CH][CH]1)[C]1[C]2C=C(C(C)(C)C)C=C[C]2[C]2C=CC(C(C)(C)C)=C[C]21.[Cl][Zr+2][Cl]. The Balaban J connectivity index is 0.00000108. The fraction of sp³-hybridized carbons (Fsp3) is 0.375. The van der Waals surface area contributed by atoms with E-state index in [1.54, 1.807) is 0 Å². The Labute approximate surface area is 235 Å². The second-order valence-corrected chi connectivity index (χ2v) is 15.5. The summed E-state index contributed by atoms with van der Waals surface area (Å²) >= 11 is -0.826. The van der Waals surface area contributed by atoms with Crippen molar-refractivity contribution in [3.05, 3.63) is 121 Å². The summed E-state index contributed by atoms with van der Waals surface area (Å²) in [6.45, 7) is 20.3. The second kappa shape index (κ2) is 11.9. The van der Waals surface area contributed by atoms with E-state index in [1.165, 1.54) is 46.7 Å². The first-order valence-corrected chi connectivity index (χ1v) is 18.7. The van der Waals surface area contributed by atoms with Crippen LogP contribution < -0.4 is 0 Å². The summed E-state index contributed by atoms with van der Waals surface area (Å²) in [4.78, 5) is 0. The third-order valence-corrected chi connectivity index (χ3v) is 7.30. The van der Waals surface area contributed by atoms with Crippen LogP contribution in [0, 0.1) is 77.4 Å². The van der Waals surface area contributed by atoms with Gasteiger partial charge in [-0.1, -0.05) is 91.0 Å². The average Bonchev–Trinajstić information content (AvgIpc) is 3.43. The van der Waals surface area contributed by atoms with Crippen molar-refractivity contribution in [1.82, 2.24) is 0 Å². The molecule has 0 aliphatic heterocycles. The quantitative estimate of drug-likeness (QED) is 0.282. The predicted octanol–water partition coefficient (Wildman–Crippen LogP) is 9.71. The number of fused-ring (bicyclic) bond motifs is 3. The van der Waals surface area contributed by atoms with Gasteiger partial charge in [-0.05, 0) is 71.8 Å². The minimum absolute atomic E-state index is 0.0787. The Morgan fingerprint density at radius 1 is 0.743 bits per heavy atom. The van der Waals surface area contributed by atoms with Gasteiger partial charge in [-0.25, -0.2) is 0 Å². The summed E-state index contributed by atoms with van der Waals surface area (Å²) < 4.78 is 0. The van der Waals surface area contributed by atoms with E-state index in [0.717, 1.165) is 12.8 Å². The van der Waals surface area contributed by atoms with E-state index in [0.29, 0.717) is 0 Å². The zero-order valence-corrected chi connectivity index (χ0v) is 26.2. The Morgan fingerprint density at radius 2 is 1.17 bits per heavy atom. The summed E-state index contributed by atoms with van der Waals surface area (Å²) in [5, 5.41) is 0. The van der Waals surface area contributed by atoms with Gasteiger partial charge >= 0.3 is 37.9 Å². The number of hydrogen-bond donors (Lipinski definition) is 0. The Hall–Kier alpha value is 0.163. The second-order valence-electron chi connectivity index (χ2n) is 11.8. The molecular weight excluding hydrogens is 546 g/mol. The molecular formula is C32H38Cl2Zr+2. The van der Waals surface area contributed by atoms with E-state index in [2.05, 4.69) is 123 Å². The minimum atomic E-state index is -0.826. The average molecular weight is 585 g/mol. The van der Waals surface area contributed by atoms with Crippen LogP contribution in [0.25, 0.3) is 0 Å². The third kappa shape index (κ3) is 6.43. The molecule has 1 unspecified atom stereocenters. The van der Waals surface area contributed by atoms with Crippen LogP contribution in [0.4, 0.5) is 0 Å². The Morgan fingerprint density at radius 3 is 1.54 bits per heavy atom. The number of halogens is 2. The van der Waals surface area contributed by atoms with Crippen molar-refractivity contribution in [2.24, 2.45) is 16.2 Å². The molecule has 4 rings (SSSR count). The van der Waals surface area contributed by atoms with E-state index in [-0.39, 0.29) is 16.2 Å². The van der Waals surface area contributed by atoms with E-state index in [1.807, 2.05) is 0 Å². The van der Waals surface area contributed by atoms with Crippen LogP contribution in [-0.4, -0.2) is 0 Å². The van der Waals surface area contributed by atoms with Gasteiger partial charge in [-0.15, -0.1) is 6.58 Å². The molecule has 10 radical (unpaired) electrons. The first-order valence-electron chi connectivity index (χ1n) is 12.4. The van der Waals surface area contributed by atoms with Crippen molar-refractivity contribution >= 4 is 17.0 Å². The summed E-state index contributed by atoms with van der Waals surface area (Å²) in [7, 11) is 9.87. The maximum absolute atomic E-state index is 4.93. The predicted molar refractivity (Wildman–Crippen MR) is 149 cm³/mol. The van der Waals surface area contributed by atoms with E-state index in [4.69, 9.17) is 17.0 Å². The fourth-order valence-electron chi connectivity index (χ4n) is 5.19. The number of rotatable bonds is 5. The van der Waals surface area contributed by atoms with Gasteiger partial charge in [0.2, 0.25) is 0 Å². The molecule has 0 bridgehead atoms. The van der Waals surface area contributed by atoms with Gasteiger partial charge in [-0.2, -0.15) is 0 Å². The molecule has 35 heavy (non-hydrogen) atoms. The van der Waals surface area contributed by atoms with Crippen LogP contribution in [0.1, 0.15) is 61.3 Å². The first-order chi connectivity index (χ1) is 16.4. The van der Waals surface area contributed by atoms with Gasteiger partial charge in [0.15, 0.2) is 0 Å². The zero-order chi connectivity index (χ0) is 26.0. The van der Waals surface area contributed by atoms with Crippen molar-refractivity contribution in [3.63, 3.8) is 0 Å². The molecule has 0 heterocycles. The van der Waals surface area contributed by atoms with Gasteiger partial charge in [-0.3, -0.25) is 0 Å². The maximum atomic E-state index is 4.93. The molecule has 0 nitrogen and oxygen atoms in total. The van der Waals surface area contributed by atoms with Crippen molar-refractivity contribution in [2.75, 3.05) is 0 Å². The van der Waals surface area contributed by atoms with E-state index < -0.39 is 20.8 Å². The molecule has 1 atom stereocenters. The van der Waals surface area contributed by atoms with Crippen LogP contribution in [-0.2, 0) is 20.8 Å². The first kappa shape index (κ1) is 29.7. The molecule has 0 aromatic heterocycles. The molecule has 2 fully saturated rings. The molecule has 2 saturated carbocycles. The molecule has 4 aliphatic carbocycles. The van der Waals surface area contributed by atoms with Crippen LogP contribution in [0.2, 0.25) is 0 Å². The van der Waals surface area contributed by atoms with Crippen molar-refractivity contribution < 1.29 is 20.8 Å². The van der Waals surface area contributed by atoms with Crippen LogP contribution in [0.3, 0.4) is 0 Å². The number of hydrogen-bond acceptors (Lipinski definition) is 0. The van der Waals surface area contributed by atoms with Crippen LogP contribution >= 0.6 is 17.0 Å². The van der Waals surface area contributed by atoms with Crippen LogP contribution in [0.5, 0.6) is 0 Å². The third-order valence-electron chi connectivity index (χ3n) is 7.30. The fourth-order valence-corrected chi connectivity index (χ4v) is 5.19. The van der Waals surface area contributed by atoms with Crippen molar-refractivity contribution in [3.8, 4) is 0 Å². The van der Waals surface area contributed by atoms with Crippen molar-refractivity contribution in [1.29, 1.82) is 0 Å².